The Morgan fingerprint density at radius 2 is 1.73 bits per heavy atom. The summed E-state index contributed by atoms with van der Waals surface area (Å²) in [5, 5.41) is 2.69. The number of likely N-dealkylation sites (N-methyl/N-ethyl adjacent to an activating group) is 1. The largest absolute Gasteiger partial charge is 0.366 e. The monoisotopic (exact) mass is 438 g/mol. The van der Waals surface area contributed by atoms with Crippen molar-refractivity contribution in [2.24, 2.45) is 11.5 Å². The predicted octanol–water partition coefficient (Wildman–Crippen LogP) is 2.17. The first kappa shape index (κ1) is 20.1. The number of carbonyl (C=O) groups is 3. The molecule has 138 valence electrons. The van der Waals surface area contributed by atoms with Crippen LogP contribution in [0.3, 0.4) is 0 Å². The lowest BCUT2D eigenvalue weighted by Gasteiger charge is -2.19. The molecule has 1 heterocycles. The van der Waals surface area contributed by atoms with Crippen molar-refractivity contribution in [3.8, 4) is 0 Å². The molecule has 2 aromatic rings. The minimum absolute atomic E-state index is 0.104. The summed E-state index contributed by atoms with van der Waals surface area (Å²) in [5.41, 5.74) is 11.0. The molecule has 0 radical (unpaired) electrons. The predicted molar refractivity (Wildman–Crippen MR) is 105 cm³/mol. The number of hydrogen-bond acceptors (Lipinski definition) is 5. The minimum atomic E-state index is -0.706. The highest BCUT2D eigenvalue weighted by atomic mass is 79.9. The van der Waals surface area contributed by atoms with Crippen LogP contribution >= 0.6 is 27.3 Å². The van der Waals surface area contributed by atoms with E-state index in [1.165, 1.54) is 18.2 Å². The van der Waals surface area contributed by atoms with E-state index in [0.29, 0.717) is 18.8 Å². The van der Waals surface area contributed by atoms with E-state index in [-0.39, 0.29) is 23.6 Å². The molecule has 5 N–H and O–H groups in total. The number of anilines is 1. The lowest BCUT2D eigenvalue weighted by atomic mass is 10.1. The van der Waals surface area contributed by atoms with Crippen LogP contribution in [-0.4, -0.2) is 35.7 Å². The molecule has 26 heavy (non-hydrogen) atoms. The Kier molecular flexibility index (Phi) is 6.90. The van der Waals surface area contributed by atoms with Gasteiger partial charge >= 0.3 is 0 Å². The summed E-state index contributed by atoms with van der Waals surface area (Å²) in [6, 6.07) is 8.10. The van der Waals surface area contributed by atoms with Crippen molar-refractivity contribution < 1.29 is 14.4 Å². The van der Waals surface area contributed by atoms with Crippen LogP contribution in [0.15, 0.2) is 34.1 Å². The normalized spacial score (nSPS) is 10.7. The Morgan fingerprint density at radius 3 is 2.19 bits per heavy atom. The molecule has 3 amide bonds. The maximum absolute atomic E-state index is 12.3. The van der Waals surface area contributed by atoms with Gasteiger partial charge in [-0.25, -0.2) is 0 Å². The fourth-order valence-corrected chi connectivity index (χ4v) is 3.85. The lowest BCUT2D eigenvalue weighted by molar-refractivity contribution is -0.117. The van der Waals surface area contributed by atoms with Crippen molar-refractivity contribution in [3.05, 3.63) is 50.1 Å². The molecule has 1 aromatic carbocycles. The third kappa shape index (κ3) is 5.65. The van der Waals surface area contributed by atoms with Gasteiger partial charge in [0.1, 0.15) is 0 Å². The summed E-state index contributed by atoms with van der Waals surface area (Å²) in [7, 11) is 0. The van der Waals surface area contributed by atoms with Gasteiger partial charge in [0, 0.05) is 28.2 Å². The molecule has 0 saturated heterocycles. The number of carbonyl (C=O) groups excluding carboxylic acids is 3. The molecule has 0 bridgehead atoms. The van der Waals surface area contributed by atoms with Crippen LogP contribution in [0, 0.1) is 0 Å². The maximum Gasteiger partial charge on any atom is 0.248 e. The molecule has 0 fully saturated rings. The molecular formula is C17H19BrN4O3S. The molecule has 7 nitrogen and oxygen atoms in total. The standard InChI is InChI=1S/C17H19BrN4O3S/c1-2-22(8-13-3-4-14(18)26-13)9-15(23)21-12-6-10(16(19)24)5-11(7-12)17(20)25/h3-7H,2,8-9H2,1H3,(H2,19,24)(H2,20,25)(H,21,23). The van der Waals surface area contributed by atoms with Gasteiger partial charge in [-0.05, 0) is 52.8 Å². The SMILES string of the molecule is CCN(CC(=O)Nc1cc(C(N)=O)cc(C(N)=O)c1)Cc1ccc(Br)s1. The van der Waals surface area contributed by atoms with Crippen LogP contribution in [0.2, 0.25) is 0 Å². The second-order valence-corrected chi connectivity index (χ2v) is 8.13. The van der Waals surface area contributed by atoms with Crippen LogP contribution in [0.25, 0.3) is 0 Å². The Balaban J connectivity index is 2.08. The van der Waals surface area contributed by atoms with Crippen LogP contribution in [0.4, 0.5) is 5.69 Å². The Labute approximate surface area is 163 Å². The third-order valence-corrected chi connectivity index (χ3v) is 5.22. The molecule has 0 atom stereocenters. The first-order valence-electron chi connectivity index (χ1n) is 7.79. The topological polar surface area (TPSA) is 119 Å². The number of amides is 3. The van der Waals surface area contributed by atoms with E-state index in [1.54, 1.807) is 11.3 Å². The number of benzene rings is 1. The van der Waals surface area contributed by atoms with E-state index in [2.05, 4.69) is 21.2 Å². The fourth-order valence-electron chi connectivity index (χ4n) is 2.32. The zero-order chi connectivity index (χ0) is 19.3. The second-order valence-electron chi connectivity index (χ2n) is 5.58. The quantitative estimate of drug-likeness (QED) is 0.584. The average Bonchev–Trinajstić information content (AvgIpc) is 2.98. The Morgan fingerprint density at radius 1 is 1.12 bits per heavy atom. The highest BCUT2D eigenvalue weighted by Crippen LogP contribution is 2.23. The van der Waals surface area contributed by atoms with Crippen LogP contribution in [0.5, 0.6) is 0 Å². The molecular weight excluding hydrogens is 420 g/mol. The van der Waals surface area contributed by atoms with Gasteiger partial charge < -0.3 is 16.8 Å². The van der Waals surface area contributed by atoms with E-state index < -0.39 is 11.8 Å². The van der Waals surface area contributed by atoms with E-state index in [4.69, 9.17) is 11.5 Å². The molecule has 0 aliphatic rings. The van der Waals surface area contributed by atoms with Gasteiger partial charge in [0.15, 0.2) is 0 Å². The molecule has 0 aliphatic heterocycles. The molecule has 2 rings (SSSR count). The van der Waals surface area contributed by atoms with Gasteiger partial charge in [-0.2, -0.15) is 0 Å². The first-order valence-corrected chi connectivity index (χ1v) is 9.40. The summed E-state index contributed by atoms with van der Waals surface area (Å²) < 4.78 is 1.04. The number of nitrogens with two attached hydrogens (primary N) is 2. The summed E-state index contributed by atoms with van der Waals surface area (Å²) in [6.45, 7) is 3.47. The second kappa shape index (κ2) is 8.93. The van der Waals surface area contributed by atoms with Gasteiger partial charge in [0.25, 0.3) is 0 Å². The fraction of sp³-hybridized carbons (Fsp3) is 0.235. The summed E-state index contributed by atoms with van der Waals surface area (Å²) in [5.74, 6) is -1.68. The van der Waals surface area contributed by atoms with Crippen LogP contribution < -0.4 is 16.8 Å². The van der Waals surface area contributed by atoms with Gasteiger partial charge in [0.2, 0.25) is 17.7 Å². The smallest absolute Gasteiger partial charge is 0.248 e. The lowest BCUT2D eigenvalue weighted by Crippen LogP contribution is -2.32. The first-order chi connectivity index (χ1) is 12.3. The number of primary amides is 2. The zero-order valence-corrected chi connectivity index (χ0v) is 16.5. The van der Waals surface area contributed by atoms with E-state index in [9.17, 15) is 14.4 Å². The highest BCUT2D eigenvalue weighted by molar-refractivity contribution is 9.11. The molecule has 0 saturated carbocycles. The van der Waals surface area contributed by atoms with Gasteiger partial charge in [-0.15, -0.1) is 11.3 Å². The van der Waals surface area contributed by atoms with Crippen molar-refractivity contribution in [2.45, 2.75) is 13.5 Å². The average molecular weight is 439 g/mol. The van der Waals surface area contributed by atoms with Crippen molar-refractivity contribution in [2.75, 3.05) is 18.4 Å². The number of thiophene rings is 1. The number of halogens is 1. The number of nitrogens with one attached hydrogen (secondary N) is 1. The van der Waals surface area contributed by atoms with Gasteiger partial charge in [-0.1, -0.05) is 6.92 Å². The van der Waals surface area contributed by atoms with Gasteiger partial charge in [-0.3, -0.25) is 19.3 Å². The van der Waals surface area contributed by atoms with E-state index >= 15 is 0 Å². The van der Waals surface area contributed by atoms with Crippen molar-refractivity contribution in [3.63, 3.8) is 0 Å². The molecule has 0 spiro atoms. The highest BCUT2D eigenvalue weighted by Gasteiger charge is 2.14. The summed E-state index contributed by atoms with van der Waals surface area (Å²) >= 11 is 5.03. The van der Waals surface area contributed by atoms with Crippen LogP contribution in [0.1, 0.15) is 32.5 Å². The zero-order valence-electron chi connectivity index (χ0n) is 14.1. The van der Waals surface area contributed by atoms with E-state index in [1.807, 2.05) is 24.0 Å². The number of hydrogen-bond donors (Lipinski definition) is 3. The van der Waals surface area contributed by atoms with Crippen molar-refractivity contribution in [1.82, 2.24) is 4.90 Å². The number of nitrogens with zero attached hydrogens (tertiary/aromatic N) is 1. The van der Waals surface area contributed by atoms with Crippen molar-refractivity contribution in [1.29, 1.82) is 0 Å². The molecule has 0 aliphatic carbocycles. The minimum Gasteiger partial charge on any atom is -0.366 e. The van der Waals surface area contributed by atoms with Crippen molar-refractivity contribution >= 4 is 50.7 Å². The van der Waals surface area contributed by atoms with E-state index in [0.717, 1.165) is 8.66 Å². The number of rotatable bonds is 8. The molecule has 9 heteroatoms. The maximum atomic E-state index is 12.3. The van der Waals surface area contributed by atoms with Crippen LogP contribution in [-0.2, 0) is 11.3 Å². The summed E-state index contributed by atoms with van der Waals surface area (Å²) in [4.78, 5) is 38.2. The molecule has 1 aromatic heterocycles. The Bertz CT molecular complexity index is 805. The molecule has 0 unspecified atom stereocenters. The summed E-state index contributed by atoms with van der Waals surface area (Å²) in [6.07, 6.45) is 0. The third-order valence-electron chi connectivity index (χ3n) is 3.61. The Hall–Kier alpha value is -2.23. The van der Waals surface area contributed by atoms with Gasteiger partial charge in [0.05, 0.1) is 10.3 Å².